The number of ether oxygens (including phenoxy) is 4. The third kappa shape index (κ3) is 5.67. The number of aromatic nitrogens is 2. The molecule has 1 amide bonds. The Morgan fingerprint density at radius 2 is 1.88 bits per heavy atom. The molecule has 9 nitrogen and oxygen atoms in total. The molecule has 0 spiro atoms. The smallest absolute Gasteiger partial charge is 0.306 e. The van der Waals surface area contributed by atoms with Gasteiger partial charge in [-0.25, -0.2) is 4.98 Å². The lowest BCUT2D eigenvalue weighted by molar-refractivity contribution is -0.144. The van der Waals surface area contributed by atoms with Crippen LogP contribution in [-0.2, 0) is 19.1 Å². The topological polar surface area (TPSA) is 92.1 Å². The van der Waals surface area contributed by atoms with E-state index < -0.39 is 12.2 Å². The lowest BCUT2D eigenvalue weighted by Crippen LogP contribution is -2.39. The number of methoxy groups -OCH3 is 2. The molecule has 1 saturated heterocycles. The van der Waals surface area contributed by atoms with Gasteiger partial charge in [-0.1, -0.05) is 23.7 Å². The highest BCUT2D eigenvalue weighted by atomic mass is 35.5. The molecule has 2 aliphatic rings. The number of esters is 1. The Labute approximate surface area is 238 Å². The summed E-state index contributed by atoms with van der Waals surface area (Å²) < 4.78 is 25.2. The van der Waals surface area contributed by atoms with Gasteiger partial charge in [-0.05, 0) is 49.9 Å². The van der Waals surface area contributed by atoms with E-state index in [0.717, 1.165) is 29.7 Å². The number of carbonyl (C=O) groups is 2. The number of hydrogen-bond donors (Lipinski definition) is 0. The summed E-state index contributed by atoms with van der Waals surface area (Å²) in [7, 11) is 3.18. The summed E-state index contributed by atoms with van der Waals surface area (Å²) >= 11 is 6.43. The largest absolute Gasteiger partial charge is 0.493 e. The van der Waals surface area contributed by atoms with Crippen LogP contribution in [0.25, 0.3) is 5.82 Å². The molecule has 3 aromatic rings. The summed E-state index contributed by atoms with van der Waals surface area (Å²) in [5.41, 5.74) is 2.33. The molecule has 4 heterocycles. The van der Waals surface area contributed by atoms with Crippen molar-refractivity contribution >= 4 is 23.5 Å². The van der Waals surface area contributed by atoms with E-state index in [1.807, 2.05) is 59.0 Å². The highest BCUT2D eigenvalue weighted by Crippen LogP contribution is 2.46. The maximum absolute atomic E-state index is 13.6. The van der Waals surface area contributed by atoms with Crippen LogP contribution in [0, 0.1) is 5.92 Å². The van der Waals surface area contributed by atoms with Gasteiger partial charge in [0.15, 0.2) is 11.5 Å². The second kappa shape index (κ2) is 12.3. The molecule has 2 aliphatic heterocycles. The van der Waals surface area contributed by atoms with E-state index in [-0.39, 0.29) is 24.2 Å². The average Bonchev–Trinajstić information content (AvgIpc) is 3.40. The summed E-state index contributed by atoms with van der Waals surface area (Å²) in [6, 6.07) is 11.3. The van der Waals surface area contributed by atoms with Crippen molar-refractivity contribution in [1.29, 1.82) is 0 Å². The van der Waals surface area contributed by atoms with Crippen LogP contribution in [-0.4, -0.2) is 60.2 Å². The summed E-state index contributed by atoms with van der Waals surface area (Å²) in [5, 5.41) is 0.475. The van der Waals surface area contributed by atoms with E-state index in [1.165, 1.54) is 0 Å². The van der Waals surface area contributed by atoms with Crippen molar-refractivity contribution in [3.8, 4) is 17.3 Å². The van der Waals surface area contributed by atoms with Gasteiger partial charge in [-0.2, -0.15) is 0 Å². The predicted molar refractivity (Wildman–Crippen MR) is 149 cm³/mol. The molecule has 2 unspecified atom stereocenters. The molecule has 1 fully saturated rings. The predicted octanol–water partition coefficient (Wildman–Crippen LogP) is 5.29. The van der Waals surface area contributed by atoms with Crippen LogP contribution in [0.2, 0.25) is 5.02 Å². The molecule has 0 radical (unpaired) electrons. The number of carbonyl (C=O) groups excluding carboxylic acids is 2. The Bertz CT molecular complexity index is 1370. The molecule has 0 N–H and O–H groups in total. The molecular weight excluding hydrogens is 534 g/mol. The zero-order valence-electron chi connectivity index (χ0n) is 23.0. The fourth-order valence-electron chi connectivity index (χ4n) is 5.64. The van der Waals surface area contributed by atoms with Crippen molar-refractivity contribution in [2.45, 2.75) is 44.8 Å². The van der Waals surface area contributed by atoms with Gasteiger partial charge in [0.25, 0.3) is 0 Å². The zero-order chi connectivity index (χ0) is 28.2. The molecule has 5 rings (SSSR count). The maximum atomic E-state index is 13.6. The minimum absolute atomic E-state index is 0.000592. The van der Waals surface area contributed by atoms with Gasteiger partial charge in [-0.3, -0.25) is 9.59 Å². The molecule has 2 atom stereocenters. The van der Waals surface area contributed by atoms with Crippen LogP contribution in [0.3, 0.4) is 0 Å². The quantitative estimate of drug-likeness (QED) is 0.342. The Balaban J connectivity index is 1.43. The van der Waals surface area contributed by atoms with E-state index in [4.69, 9.17) is 30.5 Å². The average molecular weight is 568 g/mol. The first-order chi connectivity index (χ1) is 19.4. The summed E-state index contributed by atoms with van der Waals surface area (Å²) in [5.74, 6) is 1.84. The first-order valence-corrected chi connectivity index (χ1v) is 13.9. The number of rotatable bonds is 8. The molecule has 2 aromatic heterocycles. The van der Waals surface area contributed by atoms with Crippen molar-refractivity contribution in [1.82, 2.24) is 14.5 Å². The molecule has 40 heavy (non-hydrogen) atoms. The SMILES string of the molecule is CCOC(=O)CC1CCN(C(=O)CC2OC(c3cccc(OC)c3OC)c3cc(Cl)cnc3-n3cccc32)CC1. The van der Waals surface area contributed by atoms with E-state index >= 15 is 0 Å². The molecule has 0 saturated carbocycles. The lowest BCUT2D eigenvalue weighted by Gasteiger charge is -2.33. The molecular formula is C30H34ClN3O6. The highest BCUT2D eigenvalue weighted by molar-refractivity contribution is 6.30. The summed E-state index contributed by atoms with van der Waals surface area (Å²) in [6.45, 7) is 3.39. The number of benzene rings is 1. The van der Waals surface area contributed by atoms with Crippen molar-refractivity contribution in [2.24, 2.45) is 5.92 Å². The van der Waals surface area contributed by atoms with Crippen molar-refractivity contribution < 1.29 is 28.5 Å². The molecule has 212 valence electrons. The number of pyridine rings is 1. The van der Waals surface area contributed by atoms with E-state index in [2.05, 4.69) is 4.98 Å². The van der Waals surface area contributed by atoms with Crippen molar-refractivity contribution in [3.63, 3.8) is 0 Å². The Morgan fingerprint density at radius 1 is 1.07 bits per heavy atom. The number of amides is 1. The normalized spacial score (nSPS) is 18.9. The van der Waals surface area contributed by atoms with Gasteiger partial charge in [-0.15, -0.1) is 0 Å². The van der Waals surface area contributed by atoms with Crippen molar-refractivity contribution in [3.05, 3.63) is 70.6 Å². The highest BCUT2D eigenvalue weighted by Gasteiger charge is 2.36. The number of likely N-dealkylation sites (tertiary alicyclic amines) is 1. The minimum Gasteiger partial charge on any atom is -0.493 e. The Hall–Kier alpha value is -3.56. The van der Waals surface area contributed by atoms with Crippen LogP contribution in [0.1, 0.15) is 61.6 Å². The first-order valence-electron chi connectivity index (χ1n) is 13.6. The van der Waals surface area contributed by atoms with Crippen LogP contribution >= 0.6 is 11.6 Å². The van der Waals surface area contributed by atoms with Gasteiger partial charge >= 0.3 is 5.97 Å². The van der Waals surface area contributed by atoms with Gasteiger partial charge in [0.05, 0.1) is 38.0 Å². The zero-order valence-corrected chi connectivity index (χ0v) is 23.7. The van der Waals surface area contributed by atoms with E-state index in [0.29, 0.717) is 48.5 Å². The number of hydrogen-bond acceptors (Lipinski definition) is 7. The third-order valence-corrected chi connectivity index (χ3v) is 7.79. The fraction of sp³-hybridized carbons (Fsp3) is 0.433. The first kappa shape index (κ1) is 28.0. The number of halogens is 1. The molecule has 0 bridgehead atoms. The monoisotopic (exact) mass is 567 g/mol. The summed E-state index contributed by atoms with van der Waals surface area (Å²) in [4.78, 5) is 32.0. The molecule has 0 aliphatic carbocycles. The van der Waals surface area contributed by atoms with Crippen LogP contribution < -0.4 is 9.47 Å². The fourth-order valence-corrected chi connectivity index (χ4v) is 5.81. The van der Waals surface area contributed by atoms with Crippen LogP contribution in [0.4, 0.5) is 0 Å². The standard InChI is InChI=1S/C30H34ClN3O6/c1-4-39-27(36)15-19-10-13-33(14-11-19)26(35)17-25-23-8-6-12-34(23)30-22(16-20(31)18-32-30)28(40-25)21-7-5-9-24(37-2)29(21)38-3/h5-9,12,16,18-19,25,28H,4,10-11,13-15,17H2,1-3H3. The number of para-hydroxylation sites is 1. The number of nitrogens with zero attached hydrogens (tertiary/aromatic N) is 3. The second-order valence-corrected chi connectivity index (χ2v) is 10.4. The van der Waals surface area contributed by atoms with Crippen LogP contribution in [0.5, 0.6) is 11.5 Å². The summed E-state index contributed by atoms with van der Waals surface area (Å²) in [6.07, 6.45) is 4.42. The van der Waals surface area contributed by atoms with Gasteiger partial charge < -0.3 is 28.4 Å². The second-order valence-electron chi connectivity index (χ2n) is 9.99. The van der Waals surface area contributed by atoms with Gasteiger partial charge in [0, 0.05) is 43.0 Å². The van der Waals surface area contributed by atoms with Gasteiger partial charge in [0.2, 0.25) is 5.91 Å². The lowest BCUT2D eigenvalue weighted by atomic mass is 9.93. The van der Waals surface area contributed by atoms with Crippen LogP contribution in [0.15, 0.2) is 48.8 Å². The Kier molecular flexibility index (Phi) is 8.61. The Morgan fingerprint density at radius 3 is 2.60 bits per heavy atom. The van der Waals surface area contributed by atoms with E-state index in [1.54, 1.807) is 20.4 Å². The van der Waals surface area contributed by atoms with Gasteiger partial charge in [0.1, 0.15) is 18.0 Å². The number of piperidine rings is 1. The number of fused-ring (bicyclic) bond motifs is 3. The molecule has 1 aromatic carbocycles. The molecule has 10 heteroatoms. The third-order valence-electron chi connectivity index (χ3n) is 7.59. The van der Waals surface area contributed by atoms with Crippen molar-refractivity contribution in [2.75, 3.05) is 33.9 Å². The maximum Gasteiger partial charge on any atom is 0.306 e. The van der Waals surface area contributed by atoms with E-state index in [9.17, 15) is 9.59 Å². The minimum atomic E-state index is -0.626.